The number of pyridine rings is 1. The van der Waals surface area contributed by atoms with Gasteiger partial charge in [0.05, 0.1) is 12.7 Å². The molecule has 0 aliphatic heterocycles. The van der Waals surface area contributed by atoms with Gasteiger partial charge in [-0.3, -0.25) is 9.87 Å². The van der Waals surface area contributed by atoms with Crippen LogP contribution in [0.15, 0.2) is 24.5 Å². The van der Waals surface area contributed by atoms with Crippen LogP contribution in [-0.4, -0.2) is 39.2 Å². The standard InChI is InChI=1S/C7H7NO3.2C4H9.Sn/c1-10-11-7(9)6-3-2-4-8-5-6;2*1-3-4-2;/h2-5H,1H3;2*1,3-4H2,2H3;. The van der Waals surface area contributed by atoms with Gasteiger partial charge in [-0.05, 0) is 12.1 Å². The SMILES string of the molecule is CCC[CH2][Sn][CH2]CCC.COOC(=O)c1cccnc1. The molecule has 1 heterocycles. The molecule has 0 saturated heterocycles. The molecule has 5 heteroatoms. The third kappa shape index (κ3) is 11.2. The number of nitrogens with zero attached hydrogens (tertiary/aromatic N) is 1. The second-order valence-electron chi connectivity index (χ2n) is 4.24. The van der Waals surface area contributed by atoms with Crippen LogP contribution in [0.25, 0.3) is 0 Å². The van der Waals surface area contributed by atoms with Gasteiger partial charge in [0.2, 0.25) is 0 Å². The Kier molecular flexibility index (Phi) is 14.3. The summed E-state index contributed by atoms with van der Waals surface area (Å²) in [5.41, 5.74) is 0.370. The first-order chi connectivity index (χ1) is 9.76. The molecular formula is C15H25NO3Sn. The van der Waals surface area contributed by atoms with Gasteiger partial charge >= 0.3 is 75.5 Å². The van der Waals surface area contributed by atoms with Gasteiger partial charge in [-0.2, -0.15) is 4.89 Å². The molecular weight excluding hydrogens is 361 g/mol. The molecule has 112 valence electrons. The molecule has 20 heavy (non-hydrogen) atoms. The van der Waals surface area contributed by atoms with Crippen LogP contribution in [0.2, 0.25) is 8.87 Å². The zero-order valence-corrected chi connectivity index (χ0v) is 15.6. The van der Waals surface area contributed by atoms with Crippen molar-refractivity contribution in [2.24, 2.45) is 0 Å². The van der Waals surface area contributed by atoms with Gasteiger partial charge in [-0.25, -0.2) is 4.79 Å². The summed E-state index contributed by atoms with van der Waals surface area (Å²) in [6, 6.07) is 3.24. The summed E-state index contributed by atoms with van der Waals surface area (Å²) < 4.78 is 3.25. The molecule has 0 amide bonds. The minimum atomic E-state index is -0.541. The van der Waals surface area contributed by atoms with Crippen molar-refractivity contribution in [3.8, 4) is 0 Å². The monoisotopic (exact) mass is 387 g/mol. The summed E-state index contributed by atoms with van der Waals surface area (Å²) in [4.78, 5) is 23.0. The number of carbonyl (C=O) groups is 1. The zero-order chi connectivity index (χ0) is 15.1. The molecule has 0 saturated carbocycles. The van der Waals surface area contributed by atoms with Gasteiger partial charge in [-0.1, -0.05) is 0 Å². The van der Waals surface area contributed by atoms with Crippen LogP contribution in [0.3, 0.4) is 0 Å². The van der Waals surface area contributed by atoms with Crippen LogP contribution in [0.1, 0.15) is 49.9 Å². The van der Waals surface area contributed by atoms with E-state index >= 15 is 0 Å². The fourth-order valence-corrected chi connectivity index (χ4v) is 5.49. The molecule has 1 rings (SSSR count). The maximum absolute atomic E-state index is 10.9. The Morgan fingerprint density at radius 1 is 1.25 bits per heavy atom. The summed E-state index contributed by atoms with van der Waals surface area (Å²) in [5.74, 6) is -0.541. The van der Waals surface area contributed by atoms with Crippen molar-refractivity contribution in [2.75, 3.05) is 7.11 Å². The van der Waals surface area contributed by atoms with E-state index in [0.717, 1.165) is 0 Å². The Bertz CT molecular complexity index is 327. The van der Waals surface area contributed by atoms with Crippen molar-refractivity contribution in [1.29, 1.82) is 0 Å². The van der Waals surface area contributed by atoms with Crippen LogP contribution in [-0.2, 0) is 9.78 Å². The third-order valence-electron chi connectivity index (χ3n) is 2.47. The number of hydrogen-bond acceptors (Lipinski definition) is 4. The molecule has 0 spiro atoms. The van der Waals surface area contributed by atoms with Crippen molar-refractivity contribution < 1.29 is 14.6 Å². The second-order valence-corrected chi connectivity index (χ2v) is 8.52. The van der Waals surface area contributed by atoms with Gasteiger partial charge in [0.1, 0.15) is 0 Å². The molecule has 4 nitrogen and oxygen atoms in total. The van der Waals surface area contributed by atoms with E-state index in [1.54, 1.807) is 27.2 Å². The topological polar surface area (TPSA) is 48.4 Å². The predicted molar refractivity (Wildman–Crippen MR) is 81.8 cm³/mol. The number of carbonyl (C=O) groups excluding carboxylic acids is 1. The predicted octanol–water partition coefficient (Wildman–Crippen LogP) is 3.93. The molecule has 0 bridgehead atoms. The average molecular weight is 386 g/mol. The van der Waals surface area contributed by atoms with E-state index in [1.807, 2.05) is 0 Å². The Balaban J connectivity index is 0.000000370. The Morgan fingerprint density at radius 3 is 2.35 bits per heavy atom. The number of unbranched alkanes of at least 4 members (excludes halogenated alkanes) is 2. The average Bonchev–Trinajstić information content (AvgIpc) is 2.49. The molecule has 0 aliphatic carbocycles. The van der Waals surface area contributed by atoms with Gasteiger partial charge in [0.15, 0.2) is 0 Å². The van der Waals surface area contributed by atoms with Gasteiger partial charge < -0.3 is 0 Å². The molecule has 1 aromatic rings. The van der Waals surface area contributed by atoms with E-state index in [0.29, 0.717) is 5.56 Å². The maximum atomic E-state index is 10.9. The fraction of sp³-hybridized carbons (Fsp3) is 0.600. The Morgan fingerprint density at radius 2 is 1.90 bits per heavy atom. The number of hydrogen-bond donors (Lipinski definition) is 0. The molecule has 0 N–H and O–H groups in total. The molecule has 0 aliphatic rings. The van der Waals surface area contributed by atoms with Crippen molar-refractivity contribution in [3.05, 3.63) is 30.1 Å². The summed E-state index contributed by atoms with van der Waals surface area (Å²) in [6.45, 7) is 4.58. The summed E-state index contributed by atoms with van der Waals surface area (Å²) in [5, 5.41) is 0. The minimum Gasteiger partial charge on any atom is -0.293 e. The molecule has 1 aromatic heterocycles. The third-order valence-corrected chi connectivity index (χ3v) is 6.51. The van der Waals surface area contributed by atoms with Crippen molar-refractivity contribution in [2.45, 2.75) is 48.4 Å². The molecule has 0 unspecified atom stereocenters. The van der Waals surface area contributed by atoms with E-state index in [4.69, 9.17) is 0 Å². The Labute approximate surface area is 132 Å². The molecule has 0 fully saturated rings. The molecule has 0 atom stereocenters. The van der Waals surface area contributed by atoms with Crippen LogP contribution >= 0.6 is 0 Å². The van der Waals surface area contributed by atoms with E-state index in [1.165, 1.54) is 39.0 Å². The van der Waals surface area contributed by atoms with E-state index in [2.05, 4.69) is 28.6 Å². The molecule has 0 aromatic carbocycles. The van der Waals surface area contributed by atoms with Crippen LogP contribution in [0, 0.1) is 0 Å². The Hall–Kier alpha value is -0.621. The number of rotatable bonds is 8. The van der Waals surface area contributed by atoms with Crippen LogP contribution in [0.5, 0.6) is 0 Å². The normalized spacial score (nSPS) is 9.55. The van der Waals surface area contributed by atoms with E-state index in [-0.39, 0.29) is 21.1 Å². The summed E-state index contributed by atoms with van der Waals surface area (Å²) in [6.07, 6.45) is 8.82. The van der Waals surface area contributed by atoms with Crippen molar-refractivity contribution in [1.82, 2.24) is 4.98 Å². The summed E-state index contributed by atoms with van der Waals surface area (Å²) in [7, 11) is 1.27. The van der Waals surface area contributed by atoms with E-state index in [9.17, 15) is 4.79 Å². The largest absolute Gasteiger partial charge is 0.374 e. The maximum Gasteiger partial charge on any atom is 0.374 e. The van der Waals surface area contributed by atoms with Crippen molar-refractivity contribution in [3.63, 3.8) is 0 Å². The van der Waals surface area contributed by atoms with Gasteiger partial charge in [-0.15, -0.1) is 0 Å². The first-order valence-corrected chi connectivity index (χ1v) is 11.2. The fourth-order valence-electron chi connectivity index (χ4n) is 1.34. The van der Waals surface area contributed by atoms with Crippen LogP contribution in [0.4, 0.5) is 0 Å². The quantitative estimate of drug-likeness (QED) is 0.294. The molecule has 2 radical (unpaired) electrons. The second kappa shape index (κ2) is 14.8. The summed E-state index contributed by atoms with van der Waals surface area (Å²) >= 11 is 0.149. The first-order valence-electron chi connectivity index (χ1n) is 7.11. The minimum absolute atomic E-state index is 0.149. The van der Waals surface area contributed by atoms with Crippen LogP contribution < -0.4 is 0 Å². The van der Waals surface area contributed by atoms with Gasteiger partial charge in [0.25, 0.3) is 0 Å². The van der Waals surface area contributed by atoms with E-state index < -0.39 is 5.97 Å². The first kappa shape index (κ1) is 19.4. The van der Waals surface area contributed by atoms with Gasteiger partial charge in [0, 0.05) is 12.4 Å². The number of aromatic nitrogens is 1. The zero-order valence-electron chi connectivity index (χ0n) is 12.7. The smallest absolute Gasteiger partial charge is 0.293 e. The van der Waals surface area contributed by atoms with Crippen molar-refractivity contribution >= 4 is 27.1 Å².